The Kier molecular flexibility index (Phi) is 11.5. The number of carbonyl (C=O) groups is 2. The summed E-state index contributed by atoms with van der Waals surface area (Å²) in [6, 6.07) is 0. The molecule has 2 amide bonds. The minimum Gasteiger partial charge on any atom is -0.453 e. The number of aliphatic hydroxyl groups is 1. The first-order valence-electron chi connectivity index (χ1n) is 6.61. The van der Waals surface area contributed by atoms with Crippen molar-refractivity contribution >= 4 is 12.2 Å². The fraction of sp³-hybridized carbons (Fsp3) is 0.833. The first-order valence-corrected chi connectivity index (χ1v) is 6.61. The molecule has 0 aliphatic carbocycles. The Bertz CT molecular complexity index is 252. The zero-order valence-corrected chi connectivity index (χ0v) is 12.2. The molecule has 8 nitrogen and oxygen atoms in total. The van der Waals surface area contributed by atoms with Gasteiger partial charge in [0.05, 0.1) is 20.8 Å². The van der Waals surface area contributed by atoms with Crippen molar-refractivity contribution in [2.24, 2.45) is 0 Å². The van der Waals surface area contributed by atoms with Crippen molar-refractivity contribution in [2.45, 2.75) is 12.8 Å². The van der Waals surface area contributed by atoms with Gasteiger partial charge in [-0.3, -0.25) is 0 Å². The van der Waals surface area contributed by atoms with Gasteiger partial charge in [-0.25, -0.2) is 9.59 Å². The van der Waals surface area contributed by atoms with E-state index in [4.69, 9.17) is 5.11 Å². The van der Waals surface area contributed by atoms with Crippen molar-refractivity contribution in [2.75, 3.05) is 53.6 Å². The lowest BCUT2D eigenvalue weighted by atomic mass is 10.3. The number of rotatable bonds is 10. The number of carbonyl (C=O) groups excluding carboxylic acids is 2. The van der Waals surface area contributed by atoms with Gasteiger partial charge >= 0.3 is 12.2 Å². The van der Waals surface area contributed by atoms with Crippen LogP contribution in [0.2, 0.25) is 0 Å². The molecule has 0 atom stereocenters. The highest BCUT2D eigenvalue weighted by molar-refractivity contribution is 5.67. The Morgan fingerprint density at radius 3 is 1.75 bits per heavy atom. The molecule has 0 heterocycles. The molecular formula is C12H25N3O5. The van der Waals surface area contributed by atoms with Gasteiger partial charge in [0.2, 0.25) is 0 Å². The molecule has 0 aromatic heterocycles. The predicted octanol–water partition coefficient (Wildman–Crippen LogP) is -0.227. The Balaban J connectivity index is 3.70. The molecule has 118 valence electrons. The largest absolute Gasteiger partial charge is 0.453 e. The number of nitrogens with one attached hydrogen (secondary N) is 2. The van der Waals surface area contributed by atoms with Crippen LogP contribution in [-0.4, -0.2) is 75.7 Å². The molecule has 0 radical (unpaired) electrons. The van der Waals surface area contributed by atoms with Crippen LogP contribution >= 0.6 is 0 Å². The van der Waals surface area contributed by atoms with E-state index in [-0.39, 0.29) is 6.61 Å². The van der Waals surface area contributed by atoms with E-state index < -0.39 is 12.2 Å². The number of ether oxygens (including phenoxy) is 2. The molecule has 8 heteroatoms. The van der Waals surface area contributed by atoms with E-state index in [0.29, 0.717) is 19.6 Å². The second kappa shape index (κ2) is 12.5. The molecule has 0 saturated heterocycles. The second-order valence-electron chi connectivity index (χ2n) is 4.11. The number of nitrogens with zero attached hydrogens (tertiary/aromatic N) is 1. The molecule has 0 rings (SSSR count). The van der Waals surface area contributed by atoms with Crippen molar-refractivity contribution in [3.63, 3.8) is 0 Å². The molecule has 0 aliphatic heterocycles. The van der Waals surface area contributed by atoms with E-state index >= 15 is 0 Å². The lowest BCUT2D eigenvalue weighted by Crippen LogP contribution is -2.34. The van der Waals surface area contributed by atoms with Gasteiger partial charge in [0.1, 0.15) is 0 Å². The van der Waals surface area contributed by atoms with Crippen LogP contribution in [0.1, 0.15) is 12.8 Å². The topological polar surface area (TPSA) is 100 Å². The fourth-order valence-electron chi connectivity index (χ4n) is 1.61. The highest BCUT2D eigenvalue weighted by atomic mass is 16.5. The van der Waals surface area contributed by atoms with Crippen molar-refractivity contribution in [3.8, 4) is 0 Å². The van der Waals surface area contributed by atoms with Gasteiger partial charge in [0, 0.05) is 19.6 Å². The molecule has 0 spiro atoms. The number of hydrogen-bond donors (Lipinski definition) is 3. The van der Waals surface area contributed by atoms with E-state index in [1.165, 1.54) is 14.2 Å². The van der Waals surface area contributed by atoms with Crippen LogP contribution in [-0.2, 0) is 9.47 Å². The summed E-state index contributed by atoms with van der Waals surface area (Å²) in [4.78, 5) is 23.8. The van der Waals surface area contributed by atoms with Crippen molar-refractivity contribution in [3.05, 3.63) is 0 Å². The Labute approximate surface area is 119 Å². The monoisotopic (exact) mass is 291 g/mol. The minimum atomic E-state index is -0.444. The molecule has 0 unspecified atom stereocenters. The van der Waals surface area contributed by atoms with Crippen LogP contribution in [0.3, 0.4) is 0 Å². The van der Waals surface area contributed by atoms with Gasteiger partial charge in [-0.2, -0.15) is 0 Å². The first-order chi connectivity index (χ1) is 9.63. The highest BCUT2D eigenvalue weighted by Gasteiger charge is 2.05. The van der Waals surface area contributed by atoms with Gasteiger partial charge in [-0.05, 0) is 25.9 Å². The maximum atomic E-state index is 10.8. The maximum absolute atomic E-state index is 10.8. The van der Waals surface area contributed by atoms with Crippen LogP contribution in [0.4, 0.5) is 9.59 Å². The summed E-state index contributed by atoms with van der Waals surface area (Å²) in [5.41, 5.74) is 0. The summed E-state index contributed by atoms with van der Waals surface area (Å²) < 4.78 is 8.92. The van der Waals surface area contributed by atoms with Crippen LogP contribution in [0.5, 0.6) is 0 Å². The smallest absolute Gasteiger partial charge is 0.406 e. The summed E-state index contributed by atoms with van der Waals surface area (Å²) in [5.74, 6) is 0. The SMILES string of the molecule is COC(=O)NCCCN(CCO)CCCNC(=O)OC. The van der Waals surface area contributed by atoms with Gasteiger partial charge in [-0.15, -0.1) is 0 Å². The average Bonchev–Trinajstić information content (AvgIpc) is 2.46. The molecule has 3 N–H and O–H groups in total. The van der Waals surface area contributed by atoms with E-state index in [0.717, 1.165) is 25.9 Å². The van der Waals surface area contributed by atoms with Crippen LogP contribution in [0.25, 0.3) is 0 Å². The third-order valence-electron chi connectivity index (χ3n) is 2.63. The van der Waals surface area contributed by atoms with E-state index in [9.17, 15) is 9.59 Å². The van der Waals surface area contributed by atoms with Crippen molar-refractivity contribution in [1.82, 2.24) is 15.5 Å². The van der Waals surface area contributed by atoms with Gasteiger partial charge < -0.3 is 30.1 Å². The molecular weight excluding hydrogens is 266 g/mol. The molecule has 0 saturated carbocycles. The predicted molar refractivity (Wildman–Crippen MR) is 73.6 cm³/mol. The molecule has 0 aromatic rings. The number of aliphatic hydroxyl groups excluding tert-OH is 1. The molecule has 0 bridgehead atoms. The minimum absolute atomic E-state index is 0.0782. The maximum Gasteiger partial charge on any atom is 0.406 e. The van der Waals surface area contributed by atoms with Crippen LogP contribution < -0.4 is 10.6 Å². The molecule has 0 fully saturated rings. The molecule has 20 heavy (non-hydrogen) atoms. The summed E-state index contributed by atoms with van der Waals surface area (Å²) in [6.45, 7) is 3.20. The Morgan fingerprint density at radius 1 is 0.950 bits per heavy atom. The van der Waals surface area contributed by atoms with E-state index in [1.807, 2.05) is 0 Å². The number of hydrogen-bond acceptors (Lipinski definition) is 6. The second-order valence-corrected chi connectivity index (χ2v) is 4.11. The van der Waals surface area contributed by atoms with Gasteiger partial charge in [0.25, 0.3) is 0 Å². The molecule has 0 aliphatic rings. The van der Waals surface area contributed by atoms with Crippen molar-refractivity contribution in [1.29, 1.82) is 0 Å². The molecule has 0 aromatic carbocycles. The summed E-state index contributed by atoms with van der Waals surface area (Å²) >= 11 is 0. The van der Waals surface area contributed by atoms with Gasteiger partial charge in [0.15, 0.2) is 0 Å². The summed E-state index contributed by atoms with van der Waals surface area (Å²) in [6.07, 6.45) is 0.640. The van der Waals surface area contributed by atoms with Crippen LogP contribution in [0, 0.1) is 0 Å². The lowest BCUT2D eigenvalue weighted by molar-refractivity contribution is 0.166. The average molecular weight is 291 g/mol. The Hall–Kier alpha value is -1.54. The summed E-state index contributed by atoms with van der Waals surface area (Å²) in [7, 11) is 2.64. The number of amides is 2. The zero-order valence-electron chi connectivity index (χ0n) is 12.2. The standard InChI is InChI=1S/C12H25N3O5/c1-19-11(17)13-5-3-7-15(9-10-16)8-4-6-14-12(18)20-2/h16H,3-10H2,1-2H3,(H,13,17)(H,14,18). The quantitative estimate of drug-likeness (QED) is 0.481. The normalized spacial score (nSPS) is 10.2. The zero-order chi connectivity index (χ0) is 15.2. The van der Waals surface area contributed by atoms with E-state index in [1.54, 1.807) is 0 Å². The van der Waals surface area contributed by atoms with Gasteiger partial charge in [-0.1, -0.05) is 0 Å². The third-order valence-corrected chi connectivity index (χ3v) is 2.63. The number of methoxy groups -OCH3 is 2. The number of alkyl carbamates (subject to hydrolysis) is 2. The summed E-state index contributed by atoms with van der Waals surface area (Å²) in [5, 5.41) is 14.2. The lowest BCUT2D eigenvalue weighted by Gasteiger charge is -2.21. The van der Waals surface area contributed by atoms with E-state index in [2.05, 4.69) is 25.0 Å². The highest BCUT2D eigenvalue weighted by Crippen LogP contribution is 1.94. The Morgan fingerprint density at radius 2 is 1.40 bits per heavy atom. The van der Waals surface area contributed by atoms with Crippen LogP contribution in [0.15, 0.2) is 0 Å². The first kappa shape index (κ1) is 18.5. The fourth-order valence-corrected chi connectivity index (χ4v) is 1.61. The third kappa shape index (κ3) is 10.4. The van der Waals surface area contributed by atoms with Crippen molar-refractivity contribution < 1.29 is 24.2 Å².